The molecule has 4 nitrogen and oxygen atoms in total. The van der Waals surface area contributed by atoms with E-state index in [1.165, 1.54) is 0 Å². The van der Waals surface area contributed by atoms with Crippen LogP contribution >= 0.6 is 0 Å². The van der Waals surface area contributed by atoms with Crippen LogP contribution in [0.4, 0.5) is 11.4 Å². The first-order valence-electron chi connectivity index (χ1n) is 5.78. The van der Waals surface area contributed by atoms with Gasteiger partial charge in [-0.3, -0.25) is 0 Å². The Labute approximate surface area is 103 Å². The maximum absolute atomic E-state index is 8.56. The molecule has 0 heterocycles. The number of nitrogens with two attached hydrogens (primary N) is 1. The van der Waals surface area contributed by atoms with Crippen LogP contribution < -0.4 is 15.4 Å². The van der Waals surface area contributed by atoms with Gasteiger partial charge in [-0.05, 0) is 12.5 Å². The van der Waals surface area contributed by atoms with E-state index in [2.05, 4.69) is 13.0 Å². The van der Waals surface area contributed by atoms with Crippen molar-refractivity contribution in [3.8, 4) is 11.8 Å². The third-order valence-corrected chi connectivity index (χ3v) is 2.39. The molecule has 17 heavy (non-hydrogen) atoms. The lowest BCUT2D eigenvalue weighted by Crippen LogP contribution is -2.18. The number of ether oxygens (including phenoxy) is 1. The number of hydrogen-bond acceptors (Lipinski definition) is 4. The van der Waals surface area contributed by atoms with Crippen molar-refractivity contribution in [3.63, 3.8) is 0 Å². The summed E-state index contributed by atoms with van der Waals surface area (Å²) in [6.45, 7) is 3.43. The predicted octanol–water partition coefficient (Wildman–Crippen LogP) is 2.41. The number of benzene rings is 1. The molecule has 1 aromatic carbocycles. The van der Waals surface area contributed by atoms with Gasteiger partial charge in [-0.1, -0.05) is 6.92 Å². The highest BCUT2D eigenvalue weighted by atomic mass is 16.5. The van der Waals surface area contributed by atoms with Crippen LogP contribution in [0.15, 0.2) is 18.2 Å². The van der Waals surface area contributed by atoms with Crippen LogP contribution in [0.1, 0.15) is 19.8 Å². The van der Waals surface area contributed by atoms with Crippen LogP contribution in [0.3, 0.4) is 0 Å². The molecular formula is C13H19N3O. The molecule has 0 saturated carbocycles. The molecule has 0 spiro atoms. The fourth-order valence-electron chi connectivity index (χ4n) is 1.48. The molecule has 0 unspecified atom stereocenters. The maximum Gasteiger partial charge on any atom is 0.123 e. The average Bonchev–Trinajstić information content (AvgIpc) is 2.32. The minimum atomic E-state index is 0.496. The predicted molar refractivity (Wildman–Crippen MR) is 70.1 cm³/mol. The molecule has 0 bridgehead atoms. The summed E-state index contributed by atoms with van der Waals surface area (Å²) in [5, 5.41) is 8.56. The van der Waals surface area contributed by atoms with E-state index in [4.69, 9.17) is 15.7 Å². The van der Waals surface area contributed by atoms with E-state index in [0.29, 0.717) is 25.3 Å². The zero-order chi connectivity index (χ0) is 12.7. The first-order chi connectivity index (χ1) is 8.17. The van der Waals surface area contributed by atoms with Gasteiger partial charge in [0.2, 0.25) is 0 Å². The largest absolute Gasteiger partial charge is 0.493 e. The summed E-state index contributed by atoms with van der Waals surface area (Å²) in [4.78, 5) is 2.00. The van der Waals surface area contributed by atoms with Crippen LogP contribution in [0, 0.1) is 11.3 Å². The number of nitrogens with zero attached hydrogens (tertiary/aromatic N) is 2. The van der Waals surface area contributed by atoms with Gasteiger partial charge in [-0.15, -0.1) is 0 Å². The van der Waals surface area contributed by atoms with Crippen molar-refractivity contribution >= 4 is 11.4 Å². The molecule has 0 amide bonds. The van der Waals surface area contributed by atoms with E-state index >= 15 is 0 Å². The van der Waals surface area contributed by atoms with Crippen molar-refractivity contribution in [1.29, 1.82) is 5.26 Å². The van der Waals surface area contributed by atoms with E-state index in [1.807, 2.05) is 30.1 Å². The summed E-state index contributed by atoms with van der Waals surface area (Å²) in [6, 6.07) is 7.78. The molecule has 0 saturated heterocycles. The number of hydrogen-bond donors (Lipinski definition) is 1. The summed E-state index contributed by atoms with van der Waals surface area (Å²) in [6.07, 6.45) is 1.46. The van der Waals surface area contributed by atoms with Crippen molar-refractivity contribution in [2.45, 2.75) is 19.8 Å². The Hall–Kier alpha value is -1.89. The van der Waals surface area contributed by atoms with Crippen LogP contribution in [0.2, 0.25) is 0 Å². The molecule has 0 atom stereocenters. The van der Waals surface area contributed by atoms with Gasteiger partial charge in [-0.2, -0.15) is 5.26 Å². The fraction of sp³-hybridized carbons (Fsp3) is 0.462. The summed E-state index contributed by atoms with van der Waals surface area (Å²) in [5.74, 6) is 0.783. The quantitative estimate of drug-likeness (QED) is 0.766. The van der Waals surface area contributed by atoms with E-state index in [9.17, 15) is 0 Å². The van der Waals surface area contributed by atoms with Gasteiger partial charge in [0.15, 0.2) is 0 Å². The maximum atomic E-state index is 8.56. The van der Waals surface area contributed by atoms with Gasteiger partial charge in [0.05, 0.1) is 19.1 Å². The van der Waals surface area contributed by atoms with Gasteiger partial charge in [-0.25, -0.2) is 0 Å². The zero-order valence-electron chi connectivity index (χ0n) is 10.4. The van der Waals surface area contributed by atoms with Crippen molar-refractivity contribution in [2.24, 2.45) is 0 Å². The first-order valence-corrected chi connectivity index (χ1v) is 5.78. The molecule has 0 aromatic heterocycles. The molecule has 0 fully saturated rings. The summed E-state index contributed by atoms with van der Waals surface area (Å²) >= 11 is 0. The number of rotatable bonds is 6. The second-order valence-corrected chi connectivity index (χ2v) is 3.94. The Morgan fingerprint density at radius 1 is 1.41 bits per heavy atom. The van der Waals surface area contributed by atoms with Crippen molar-refractivity contribution in [1.82, 2.24) is 0 Å². The molecule has 4 heteroatoms. The van der Waals surface area contributed by atoms with E-state index in [0.717, 1.165) is 17.9 Å². The Morgan fingerprint density at radius 3 is 2.82 bits per heavy atom. The highest BCUT2D eigenvalue weighted by Gasteiger charge is 2.04. The number of anilines is 2. The lowest BCUT2D eigenvalue weighted by atomic mass is 10.2. The first kappa shape index (κ1) is 13.2. The molecule has 0 aliphatic carbocycles. The summed E-state index contributed by atoms with van der Waals surface area (Å²) in [5.41, 5.74) is 7.48. The molecule has 92 valence electrons. The number of nitrogen functional groups attached to an aromatic ring is 1. The van der Waals surface area contributed by atoms with Crippen molar-refractivity contribution < 1.29 is 4.74 Å². The minimum Gasteiger partial charge on any atom is -0.493 e. The van der Waals surface area contributed by atoms with Gasteiger partial charge in [0.1, 0.15) is 5.75 Å². The Morgan fingerprint density at radius 2 is 2.18 bits per heavy atom. The smallest absolute Gasteiger partial charge is 0.123 e. The second-order valence-electron chi connectivity index (χ2n) is 3.94. The van der Waals surface area contributed by atoms with Gasteiger partial charge in [0.25, 0.3) is 0 Å². The highest BCUT2D eigenvalue weighted by molar-refractivity contribution is 5.60. The third-order valence-electron chi connectivity index (χ3n) is 2.39. The van der Waals surface area contributed by atoms with Crippen molar-refractivity contribution in [3.05, 3.63) is 18.2 Å². The van der Waals surface area contributed by atoms with Crippen LogP contribution in [-0.2, 0) is 0 Å². The SMILES string of the molecule is CCCOc1cc(N)cc(N(C)CCC#N)c1. The lowest BCUT2D eigenvalue weighted by Gasteiger charge is -2.19. The van der Waals surface area contributed by atoms with E-state index in [1.54, 1.807) is 0 Å². The Kier molecular flexibility index (Phi) is 5.15. The van der Waals surface area contributed by atoms with Crippen LogP contribution in [-0.4, -0.2) is 20.2 Å². The Bertz CT molecular complexity index is 398. The zero-order valence-corrected chi connectivity index (χ0v) is 10.4. The van der Waals surface area contributed by atoms with Gasteiger partial charge < -0.3 is 15.4 Å². The molecule has 1 aromatic rings. The topological polar surface area (TPSA) is 62.3 Å². The molecule has 1 rings (SSSR count). The third kappa shape index (κ3) is 4.23. The highest BCUT2D eigenvalue weighted by Crippen LogP contribution is 2.25. The van der Waals surface area contributed by atoms with Crippen molar-refractivity contribution in [2.75, 3.05) is 30.8 Å². The summed E-state index contributed by atoms with van der Waals surface area (Å²) < 4.78 is 5.56. The minimum absolute atomic E-state index is 0.496. The van der Waals surface area contributed by atoms with Crippen LogP contribution in [0.5, 0.6) is 5.75 Å². The molecule has 0 aliphatic rings. The average molecular weight is 233 g/mol. The molecule has 2 N–H and O–H groups in total. The van der Waals surface area contributed by atoms with E-state index in [-0.39, 0.29) is 0 Å². The number of nitriles is 1. The summed E-state index contributed by atoms with van der Waals surface area (Å²) in [7, 11) is 1.94. The molecular weight excluding hydrogens is 214 g/mol. The normalized spacial score (nSPS) is 9.71. The fourth-order valence-corrected chi connectivity index (χ4v) is 1.48. The molecule has 0 radical (unpaired) electrons. The lowest BCUT2D eigenvalue weighted by molar-refractivity contribution is 0.317. The van der Waals surface area contributed by atoms with Gasteiger partial charge in [0, 0.05) is 37.1 Å². The second kappa shape index (κ2) is 6.64. The monoisotopic (exact) mass is 233 g/mol. The Balaban J connectivity index is 2.77. The molecule has 0 aliphatic heterocycles. The van der Waals surface area contributed by atoms with Crippen LogP contribution in [0.25, 0.3) is 0 Å². The standard InChI is InChI=1S/C13H19N3O/c1-3-7-17-13-9-11(15)8-12(10-13)16(2)6-4-5-14/h8-10H,3-4,6-7,15H2,1-2H3. The van der Waals surface area contributed by atoms with E-state index < -0.39 is 0 Å². The van der Waals surface area contributed by atoms with Gasteiger partial charge >= 0.3 is 0 Å².